The van der Waals surface area contributed by atoms with Gasteiger partial charge in [-0.05, 0) is 73.9 Å². The fourth-order valence-electron chi connectivity index (χ4n) is 3.01. The number of benzene rings is 1. The molecule has 1 nitrogen and oxygen atoms in total. The molecule has 86 valence electrons. The number of hydrogen-bond donors (Lipinski definition) is 1. The van der Waals surface area contributed by atoms with E-state index in [0.29, 0.717) is 0 Å². The lowest BCUT2D eigenvalue weighted by molar-refractivity contribution is 0.683. The van der Waals surface area contributed by atoms with Gasteiger partial charge in [0, 0.05) is 5.02 Å². The number of fused-ring (bicyclic) bond motifs is 2. The van der Waals surface area contributed by atoms with Crippen LogP contribution in [-0.2, 0) is 25.7 Å². The summed E-state index contributed by atoms with van der Waals surface area (Å²) in [4.78, 5) is 0. The molecule has 0 saturated heterocycles. The Labute approximate surface area is 102 Å². The Morgan fingerprint density at radius 3 is 2.50 bits per heavy atom. The van der Waals surface area contributed by atoms with Crippen molar-refractivity contribution in [2.24, 2.45) is 0 Å². The average molecular weight is 236 g/mol. The average Bonchev–Trinajstić information content (AvgIpc) is 2.55. The van der Waals surface area contributed by atoms with Crippen molar-refractivity contribution < 1.29 is 0 Å². The monoisotopic (exact) mass is 235 g/mol. The topological polar surface area (TPSA) is 12.0 Å². The van der Waals surface area contributed by atoms with Crippen LogP contribution in [0.15, 0.2) is 6.07 Å². The van der Waals surface area contributed by atoms with Gasteiger partial charge in [-0.15, -0.1) is 0 Å². The molecule has 1 aliphatic heterocycles. The van der Waals surface area contributed by atoms with Crippen molar-refractivity contribution in [1.29, 1.82) is 0 Å². The molecule has 0 saturated carbocycles. The summed E-state index contributed by atoms with van der Waals surface area (Å²) in [5.41, 5.74) is 5.90. The molecule has 2 aliphatic rings. The van der Waals surface area contributed by atoms with E-state index >= 15 is 0 Å². The summed E-state index contributed by atoms with van der Waals surface area (Å²) < 4.78 is 0. The highest BCUT2D eigenvalue weighted by Gasteiger charge is 2.19. The van der Waals surface area contributed by atoms with E-state index in [9.17, 15) is 0 Å². The van der Waals surface area contributed by atoms with Crippen molar-refractivity contribution in [3.8, 4) is 0 Å². The third kappa shape index (κ3) is 1.76. The highest BCUT2D eigenvalue weighted by Crippen LogP contribution is 2.34. The molecule has 16 heavy (non-hydrogen) atoms. The molecule has 1 aliphatic carbocycles. The Kier molecular flexibility index (Phi) is 2.91. The molecule has 1 aromatic rings. The first kappa shape index (κ1) is 10.6. The molecule has 1 N–H and O–H groups in total. The van der Waals surface area contributed by atoms with Gasteiger partial charge in [-0.1, -0.05) is 17.7 Å². The summed E-state index contributed by atoms with van der Waals surface area (Å²) in [7, 11) is 0. The molecule has 0 fully saturated rings. The van der Waals surface area contributed by atoms with Crippen LogP contribution >= 0.6 is 11.6 Å². The number of nitrogens with one attached hydrogen (secondary N) is 1. The molecule has 0 spiro atoms. The van der Waals surface area contributed by atoms with Gasteiger partial charge >= 0.3 is 0 Å². The summed E-state index contributed by atoms with van der Waals surface area (Å²) in [6.07, 6.45) is 7.30. The first-order valence-corrected chi connectivity index (χ1v) is 6.77. The molecule has 0 atom stereocenters. The van der Waals surface area contributed by atoms with Crippen LogP contribution in [0.4, 0.5) is 0 Å². The number of halogens is 1. The molecule has 2 heteroatoms. The Morgan fingerprint density at radius 2 is 1.56 bits per heavy atom. The molecule has 1 heterocycles. The summed E-state index contributed by atoms with van der Waals surface area (Å²) in [6, 6.07) is 2.43. The highest BCUT2D eigenvalue weighted by atomic mass is 35.5. The molecule has 3 rings (SSSR count). The number of rotatable bonds is 0. The SMILES string of the molecule is Clc1c2c(cc3c1CCNCC3)CCCC2. The van der Waals surface area contributed by atoms with Crippen LogP contribution in [0.5, 0.6) is 0 Å². The fraction of sp³-hybridized carbons (Fsp3) is 0.571. The molecular formula is C14H18ClN. The van der Waals surface area contributed by atoms with E-state index in [4.69, 9.17) is 11.6 Å². The molecule has 0 bridgehead atoms. The Hall–Kier alpha value is -0.530. The summed E-state index contributed by atoms with van der Waals surface area (Å²) in [5.74, 6) is 0. The second kappa shape index (κ2) is 4.38. The first-order chi connectivity index (χ1) is 7.86. The second-order valence-corrected chi connectivity index (χ2v) is 5.30. The Morgan fingerprint density at radius 1 is 0.875 bits per heavy atom. The second-order valence-electron chi connectivity index (χ2n) is 4.92. The maximum atomic E-state index is 6.59. The van der Waals surface area contributed by atoms with Gasteiger partial charge in [-0.25, -0.2) is 0 Å². The third-order valence-corrected chi connectivity index (χ3v) is 4.36. The zero-order valence-electron chi connectivity index (χ0n) is 9.61. The zero-order chi connectivity index (χ0) is 11.0. The van der Waals surface area contributed by atoms with Crippen molar-refractivity contribution in [2.75, 3.05) is 13.1 Å². The smallest absolute Gasteiger partial charge is 0.0475 e. The Bertz CT molecular complexity index is 412. The molecular weight excluding hydrogens is 218 g/mol. The summed E-state index contributed by atoms with van der Waals surface area (Å²) in [6.45, 7) is 2.17. The van der Waals surface area contributed by atoms with E-state index in [-0.39, 0.29) is 0 Å². The lowest BCUT2D eigenvalue weighted by Crippen LogP contribution is -2.16. The van der Waals surface area contributed by atoms with Crippen molar-refractivity contribution in [1.82, 2.24) is 5.32 Å². The van der Waals surface area contributed by atoms with Gasteiger partial charge in [0.1, 0.15) is 0 Å². The fourth-order valence-corrected chi connectivity index (χ4v) is 3.45. The maximum Gasteiger partial charge on any atom is 0.0475 e. The minimum atomic E-state index is 1.07. The standard InChI is InChI=1S/C14H18ClN/c15-14-12-4-2-1-3-10(12)9-11-5-7-16-8-6-13(11)14/h9,16H,1-8H2. The van der Waals surface area contributed by atoms with Crippen molar-refractivity contribution in [3.05, 3.63) is 33.3 Å². The van der Waals surface area contributed by atoms with E-state index < -0.39 is 0 Å². The van der Waals surface area contributed by atoms with Gasteiger partial charge in [0.25, 0.3) is 0 Å². The van der Waals surface area contributed by atoms with Crippen LogP contribution in [0, 0.1) is 0 Å². The van der Waals surface area contributed by atoms with Gasteiger partial charge in [-0.3, -0.25) is 0 Å². The van der Waals surface area contributed by atoms with Crippen LogP contribution in [-0.4, -0.2) is 13.1 Å². The van der Waals surface area contributed by atoms with E-state index in [2.05, 4.69) is 11.4 Å². The lowest BCUT2D eigenvalue weighted by Gasteiger charge is -2.21. The molecule has 0 aromatic heterocycles. The van der Waals surface area contributed by atoms with Gasteiger partial charge in [0.2, 0.25) is 0 Å². The highest BCUT2D eigenvalue weighted by molar-refractivity contribution is 6.32. The van der Waals surface area contributed by atoms with Crippen LogP contribution in [0.25, 0.3) is 0 Å². The Balaban J connectivity index is 2.12. The normalized spacial score (nSPS) is 19.8. The predicted octanol–water partition coefficient (Wildman–Crippen LogP) is 2.91. The molecule has 0 unspecified atom stereocenters. The maximum absolute atomic E-state index is 6.59. The van der Waals surface area contributed by atoms with Crippen LogP contribution in [0.2, 0.25) is 5.02 Å². The van der Waals surface area contributed by atoms with E-state index in [0.717, 1.165) is 31.0 Å². The number of aryl methyl sites for hydroxylation is 1. The molecule has 0 amide bonds. The lowest BCUT2D eigenvalue weighted by atomic mass is 9.87. The first-order valence-electron chi connectivity index (χ1n) is 6.39. The molecule has 0 radical (unpaired) electrons. The minimum Gasteiger partial charge on any atom is -0.316 e. The van der Waals surface area contributed by atoms with Crippen molar-refractivity contribution in [2.45, 2.75) is 38.5 Å². The minimum absolute atomic E-state index is 1.07. The van der Waals surface area contributed by atoms with Crippen molar-refractivity contribution in [3.63, 3.8) is 0 Å². The van der Waals surface area contributed by atoms with E-state index in [1.54, 1.807) is 0 Å². The quantitative estimate of drug-likeness (QED) is 0.729. The van der Waals surface area contributed by atoms with Crippen molar-refractivity contribution >= 4 is 11.6 Å². The van der Waals surface area contributed by atoms with Gasteiger partial charge < -0.3 is 5.32 Å². The van der Waals surface area contributed by atoms with Gasteiger partial charge in [0.15, 0.2) is 0 Å². The summed E-state index contributed by atoms with van der Waals surface area (Å²) in [5, 5.41) is 4.55. The number of hydrogen-bond acceptors (Lipinski definition) is 1. The summed E-state index contributed by atoms with van der Waals surface area (Å²) >= 11 is 6.59. The van der Waals surface area contributed by atoms with E-state index in [1.807, 2.05) is 0 Å². The van der Waals surface area contributed by atoms with Gasteiger partial charge in [-0.2, -0.15) is 0 Å². The van der Waals surface area contributed by atoms with Crippen LogP contribution < -0.4 is 5.32 Å². The third-order valence-electron chi connectivity index (χ3n) is 3.90. The van der Waals surface area contributed by atoms with Crippen LogP contribution in [0.3, 0.4) is 0 Å². The van der Waals surface area contributed by atoms with Gasteiger partial charge in [0.05, 0.1) is 0 Å². The van der Waals surface area contributed by atoms with E-state index in [1.165, 1.54) is 47.9 Å². The zero-order valence-corrected chi connectivity index (χ0v) is 10.4. The molecule has 1 aromatic carbocycles. The largest absolute Gasteiger partial charge is 0.316 e. The predicted molar refractivity (Wildman–Crippen MR) is 68.4 cm³/mol. The van der Waals surface area contributed by atoms with Crippen LogP contribution in [0.1, 0.15) is 35.1 Å².